The number of hydrogen-bond donors (Lipinski definition) is 1. The Morgan fingerprint density at radius 1 is 1.43 bits per heavy atom. The van der Waals surface area contributed by atoms with E-state index in [1.54, 1.807) is 0 Å². The maximum absolute atomic E-state index is 3.49. The molecule has 0 aromatic rings. The molecule has 0 aromatic heterocycles. The van der Waals surface area contributed by atoms with Gasteiger partial charge < -0.3 is 5.32 Å². The van der Waals surface area contributed by atoms with Gasteiger partial charge in [0.15, 0.2) is 0 Å². The molecule has 0 radical (unpaired) electrons. The van der Waals surface area contributed by atoms with Gasteiger partial charge in [0.2, 0.25) is 0 Å². The van der Waals surface area contributed by atoms with Crippen molar-refractivity contribution >= 4 is 0 Å². The zero-order valence-electron chi connectivity index (χ0n) is 9.84. The summed E-state index contributed by atoms with van der Waals surface area (Å²) in [5.41, 5.74) is 0.540. The van der Waals surface area contributed by atoms with Crippen molar-refractivity contribution in [3.05, 3.63) is 0 Å². The first-order valence-electron chi connectivity index (χ1n) is 6.05. The highest BCUT2D eigenvalue weighted by Gasteiger charge is 2.35. The highest BCUT2D eigenvalue weighted by Crippen LogP contribution is 2.31. The summed E-state index contributed by atoms with van der Waals surface area (Å²) in [5, 5.41) is 3.49. The molecule has 3 atom stereocenters. The lowest BCUT2D eigenvalue weighted by Crippen LogP contribution is -2.40. The molecule has 1 N–H and O–H groups in total. The maximum atomic E-state index is 3.49. The quantitative estimate of drug-likeness (QED) is 0.723. The second-order valence-corrected chi connectivity index (χ2v) is 5.71. The average molecular weight is 196 g/mol. The molecule has 0 bridgehead atoms. The van der Waals surface area contributed by atoms with Gasteiger partial charge in [-0.05, 0) is 44.2 Å². The number of nitrogens with zero attached hydrogens (tertiary/aromatic N) is 1. The highest BCUT2D eigenvalue weighted by molar-refractivity contribution is 4.91. The van der Waals surface area contributed by atoms with E-state index in [-0.39, 0.29) is 0 Å². The molecule has 0 saturated carbocycles. The van der Waals surface area contributed by atoms with E-state index in [1.807, 2.05) is 0 Å². The summed E-state index contributed by atoms with van der Waals surface area (Å²) in [6.07, 6.45) is 2.75. The zero-order chi connectivity index (χ0) is 10.2. The van der Waals surface area contributed by atoms with Gasteiger partial charge >= 0.3 is 0 Å². The highest BCUT2D eigenvalue weighted by atomic mass is 15.2. The summed E-state index contributed by atoms with van der Waals surface area (Å²) in [5.74, 6) is 0.896. The fourth-order valence-corrected chi connectivity index (χ4v) is 2.89. The predicted octanol–water partition coefficient (Wildman–Crippen LogP) is 1.72. The van der Waals surface area contributed by atoms with Gasteiger partial charge in [-0.1, -0.05) is 13.8 Å². The first kappa shape index (κ1) is 10.4. The average Bonchev–Trinajstić information content (AvgIpc) is 2.68. The Labute approximate surface area is 88.1 Å². The Bertz CT molecular complexity index is 196. The SMILES string of the molecule is CC1CCN(CC2(C)CCNC2)C1C. The van der Waals surface area contributed by atoms with Gasteiger partial charge in [-0.25, -0.2) is 0 Å². The number of likely N-dealkylation sites (tertiary alicyclic amines) is 1. The Morgan fingerprint density at radius 2 is 2.21 bits per heavy atom. The van der Waals surface area contributed by atoms with Gasteiger partial charge in [-0.3, -0.25) is 4.90 Å². The smallest absolute Gasteiger partial charge is 0.00932 e. The third-order valence-corrected chi connectivity index (χ3v) is 4.31. The molecule has 2 saturated heterocycles. The van der Waals surface area contributed by atoms with E-state index < -0.39 is 0 Å². The van der Waals surface area contributed by atoms with Crippen LogP contribution in [0.5, 0.6) is 0 Å². The van der Waals surface area contributed by atoms with Crippen LogP contribution in [0.1, 0.15) is 33.6 Å². The van der Waals surface area contributed by atoms with Crippen LogP contribution in [0.3, 0.4) is 0 Å². The van der Waals surface area contributed by atoms with Crippen LogP contribution in [0.2, 0.25) is 0 Å². The summed E-state index contributed by atoms with van der Waals surface area (Å²) in [4.78, 5) is 2.69. The van der Waals surface area contributed by atoms with Gasteiger partial charge in [0.05, 0.1) is 0 Å². The predicted molar refractivity (Wildman–Crippen MR) is 60.4 cm³/mol. The molecule has 3 unspecified atom stereocenters. The van der Waals surface area contributed by atoms with E-state index in [1.165, 1.54) is 39.0 Å². The van der Waals surface area contributed by atoms with E-state index >= 15 is 0 Å². The van der Waals surface area contributed by atoms with Crippen molar-refractivity contribution in [2.24, 2.45) is 11.3 Å². The molecular weight excluding hydrogens is 172 g/mol. The lowest BCUT2D eigenvalue weighted by Gasteiger charge is -2.32. The van der Waals surface area contributed by atoms with E-state index in [0.29, 0.717) is 5.41 Å². The Kier molecular flexibility index (Phi) is 2.85. The van der Waals surface area contributed by atoms with Crippen LogP contribution in [-0.2, 0) is 0 Å². The van der Waals surface area contributed by atoms with Crippen LogP contribution in [-0.4, -0.2) is 37.1 Å². The fraction of sp³-hybridized carbons (Fsp3) is 1.00. The maximum Gasteiger partial charge on any atom is 0.00932 e. The van der Waals surface area contributed by atoms with Crippen LogP contribution < -0.4 is 5.32 Å². The summed E-state index contributed by atoms with van der Waals surface area (Å²) in [7, 11) is 0. The topological polar surface area (TPSA) is 15.3 Å². The van der Waals surface area contributed by atoms with Crippen molar-refractivity contribution in [2.45, 2.75) is 39.7 Å². The molecule has 0 aliphatic carbocycles. The van der Waals surface area contributed by atoms with Gasteiger partial charge in [0.25, 0.3) is 0 Å². The van der Waals surface area contributed by atoms with Gasteiger partial charge in [0.1, 0.15) is 0 Å². The fourth-order valence-electron chi connectivity index (χ4n) is 2.89. The lowest BCUT2D eigenvalue weighted by atomic mass is 9.89. The molecule has 2 rings (SSSR count). The van der Waals surface area contributed by atoms with Gasteiger partial charge in [-0.2, -0.15) is 0 Å². The van der Waals surface area contributed by atoms with E-state index in [9.17, 15) is 0 Å². The molecule has 2 aliphatic heterocycles. The first-order valence-corrected chi connectivity index (χ1v) is 6.05. The molecular formula is C12H24N2. The second-order valence-electron chi connectivity index (χ2n) is 5.71. The minimum absolute atomic E-state index is 0.540. The van der Waals surface area contributed by atoms with Crippen LogP contribution in [0.15, 0.2) is 0 Å². The monoisotopic (exact) mass is 196 g/mol. The van der Waals surface area contributed by atoms with Crippen LogP contribution in [0, 0.1) is 11.3 Å². The third-order valence-electron chi connectivity index (χ3n) is 4.31. The van der Waals surface area contributed by atoms with Gasteiger partial charge in [0, 0.05) is 19.1 Å². The molecule has 2 fully saturated rings. The minimum atomic E-state index is 0.540. The summed E-state index contributed by atoms with van der Waals surface area (Å²) in [6.45, 7) is 12.3. The van der Waals surface area contributed by atoms with E-state index in [2.05, 4.69) is 31.0 Å². The second kappa shape index (κ2) is 3.82. The molecule has 14 heavy (non-hydrogen) atoms. The van der Waals surface area contributed by atoms with Crippen LogP contribution in [0.4, 0.5) is 0 Å². The standard InChI is InChI=1S/C12H24N2/c1-10-4-7-14(11(10)2)9-12(3)5-6-13-8-12/h10-11,13H,4-9H2,1-3H3. The van der Waals surface area contributed by atoms with Crippen molar-refractivity contribution in [2.75, 3.05) is 26.2 Å². The Balaban J connectivity index is 1.91. The van der Waals surface area contributed by atoms with E-state index in [4.69, 9.17) is 0 Å². The molecule has 0 spiro atoms. The van der Waals surface area contributed by atoms with E-state index in [0.717, 1.165) is 12.0 Å². The zero-order valence-corrected chi connectivity index (χ0v) is 9.84. The summed E-state index contributed by atoms with van der Waals surface area (Å²) in [6, 6.07) is 0.799. The van der Waals surface area contributed by atoms with Gasteiger partial charge in [-0.15, -0.1) is 0 Å². The largest absolute Gasteiger partial charge is 0.316 e. The molecule has 82 valence electrons. The molecule has 0 aromatic carbocycles. The Hall–Kier alpha value is -0.0800. The van der Waals surface area contributed by atoms with Crippen molar-refractivity contribution in [1.29, 1.82) is 0 Å². The Morgan fingerprint density at radius 3 is 2.71 bits per heavy atom. The number of nitrogens with one attached hydrogen (secondary N) is 1. The lowest BCUT2D eigenvalue weighted by molar-refractivity contribution is 0.162. The molecule has 2 heterocycles. The first-order chi connectivity index (χ1) is 6.61. The van der Waals surface area contributed by atoms with Crippen molar-refractivity contribution in [1.82, 2.24) is 10.2 Å². The number of hydrogen-bond acceptors (Lipinski definition) is 2. The molecule has 0 amide bonds. The van der Waals surface area contributed by atoms with Crippen LogP contribution >= 0.6 is 0 Å². The third kappa shape index (κ3) is 1.96. The normalized spacial score (nSPS) is 44.8. The summed E-state index contributed by atoms with van der Waals surface area (Å²) < 4.78 is 0. The molecule has 2 nitrogen and oxygen atoms in total. The molecule has 2 aliphatic rings. The van der Waals surface area contributed by atoms with Crippen molar-refractivity contribution < 1.29 is 0 Å². The number of rotatable bonds is 2. The van der Waals surface area contributed by atoms with Crippen molar-refractivity contribution in [3.8, 4) is 0 Å². The van der Waals surface area contributed by atoms with Crippen LogP contribution in [0.25, 0.3) is 0 Å². The van der Waals surface area contributed by atoms with Crippen molar-refractivity contribution in [3.63, 3.8) is 0 Å². The molecule has 2 heteroatoms. The summed E-state index contributed by atoms with van der Waals surface area (Å²) >= 11 is 0. The minimum Gasteiger partial charge on any atom is -0.316 e.